The molecule has 0 saturated carbocycles. The van der Waals surface area contributed by atoms with Gasteiger partial charge in [0.2, 0.25) is 5.91 Å². The molecule has 27 heavy (non-hydrogen) atoms. The molecule has 1 N–H and O–H groups in total. The van der Waals surface area contributed by atoms with E-state index < -0.39 is 0 Å². The maximum atomic E-state index is 13.0. The summed E-state index contributed by atoms with van der Waals surface area (Å²) >= 11 is 1.33. The van der Waals surface area contributed by atoms with Gasteiger partial charge in [0, 0.05) is 27.1 Å². The molecule has 1 saturated heterocycles. The molecule has 146 valence electrons. The summed E-state index contributed by atoms with van der Waals surface area (Å²) in [6.07, 6.45) is 0.893. The molecule has 0 bridgehead atoms. The first-order valence-electron chi connectivity index (χ1n) is 9.30. The summed E-state index contributed by atoms with van der Waals surface area (Å²) in [6.45, 7) is 5.26. The number of nitrogens with one attached hydrogen (secondary N) is 1. The van der Waals surface area contributed by atoms with Crippen LogP contribution < -0.4 is 10.5 Å². The van der Waals surface area contributed by atoms with Crippen molar-refractivity contribution in [3.05, 3.63) is 34.6 Å². The van der Waals surface area contributed by atoms with Crippen molar-refractivity contribution in [1.82, 2.24) is 14.5 Å². The van der Waals surface area contributed by atoms with Crippen molar-refractivity contribution in [3.8, 4) is 0 Å². The van der Waals surface area contributed by atoms with E-state index in [-0.39, 0.29) is 17.2 Å². The minimum atomic E-state index is -0.0302. The number of aromatic nitrogens is 2. The smallest absolute Gasteiger partial charge is 0.262 e. The molecule has 0 aliphatic carbocycles. The molecule has 1 aliphatic rings. The summed E-state index contributed by atoms with van der Waals surface area (Å²) in [4.78, 5) is 32.7. The van der Waals surface area contributed by atoms with E-state index >= 15 is 0 Å². The van der Waals surface area contributed by atoms with Gasteiger partial charge >= 0.3 is 0 Å². The molecule has 1 amide bonds. The first-order valence-corrected chi connectivity index (χ1v) is 10.3. The normalized spacial score (nSPS) is 15.2. The monoisotopic (exact) mass is 391 g/mol. The highest BCUT2D eigenvalue weighted by Crippen LogP contribution is 2.18. The third kappa shape index (κ3) is 5.09. The maximum Gasteiger partial charge on any atom is 0.262 e. The highest BCUT2D eigenvalue weighted by Gasteiger charge is 2.16. The van der Waals surface area contributed by atoms with Gasteiger partial charge in [0.1, 0.15) is 13.1 Å². The molecular weight excluding hydrogens is 364 g/mol. The summed E-state index contributed by atoms with van der Waals surface area (Å²) < 4.78 is 7.13. The molecule has 0 spiro atoms. The minimum absolute atomic E-state index is 0.00622. The number of ether oxygens (including phenoxy) is 1. The van der Waals surface area contributed by atoms with Crippen LogP contribution in [0.3, 0.4) is 0 Å². The summed E-state index contributed by atoms with van der Waals surface area (Å²) in [7, 11) is 3.46. The number of carbonyl (C=O) groups is 1. The van der Waals surface area contributed by atoms with Crippen molar-refractivity contribution >= 4 is 28.6 Å². The van der Waals surface area contributed by atoms with Crippen molar-refractivity contribution in [2.75, 3.05) is 52.7 Å². The summed E-state index contributed by atoms with van der Waals surface area (Å²) in [5.41, 5.74) is 0.648. The van der Waals surface area contributed by atoms with Crippen LogP contribution in [0.4, 0.5) is 0 Å². The zero-order valence-corrected chi connectivity index (χ0v) is 16.8. The van der Waals surface area contributed by atoms with Gasteiger partial charge in [0.15, 0.2) is 5.16 Å². The lowest BCUT2D eigenvalue weighted by molar-refractivity contribution is -0.908. The number of hydrogen-bond acceptors (Lipinski definition) is 5. The van der Waals surface area contributed by atoms with Gasteiger partial charge in [-0.05, 0) is 12.1 Å². The van der Waals surface area contributed by atoms with E-state index in [2.05, 4.69) is 4.98 Å². The van der Waals surface area contributed by atoms with Crippen LogP contribution in [0, 0.1) is 0 Å². The third-order valence-electron chi connectivity index (χ3n) is 4.76. The minimum Gasteiger partial charge on any atom is -0.370 e. The number of carbonyl (C=O) groups excluding carboxylic acids is 1. The molecule has 1 aliphatic heterocycles. The SMILES string of the molecule is CN(C)C(=O)CSc1nc2ccccc2c(=O)n1CCC[NH+]1CCOCC1. The maximum absolute atomic E-state index is 13.0. The molecule has 1 aromatic heterocycles. The zero-order chi connectivity index (χ0) is 19.2. The Morgan fingerprint density at radius 1 is 1.30 bits per heavy atom. The molecule has 0 atom stereocenters. The third-order valence-corrected chi connectivity index (χ3v) is 5.72. The Morgan fingerprint density at radius 2 is 2.04 bits per heavy atom. The van der Waals surface area contributed by atoms with Crippen molar-refractivity contribution < 1.29 is 14.4 Å². The molecule has 1 aromatic carbocycles. The fraction of sp³-hybridized carbons (Fsp3) is 0.526. The van der Waals surface area contributed by atoms with Crippen molar-refractivity contribution in [2.24, 2.45) is 0 Å². The Labute approximate surface area is 163 Å². The van der Waals surface area contributed by atoms with E-state index in [4.69, 9.17) is 4.74 Å². The van der Waals surface area contributed by atoms with Gasteiger partial charge < -0.3 is 14.5 Å². The van der Waals surface area contributed by atoms with Gasteiger partial charge in [-0.15, -0.1) is 0 Å². The quantitative estimate of drug-likeness (QED) is 0.527. The van der Waals surface area contributed by atoms with Crippen LogP contribution >= 0.6 is 11.8 Å². The van der Waals surface area contributed by atoms with Gasteiger partial charge in [0.25, 0.3) is 5.56 Å². The van der Waals surface area contributed by atoms with Gasteiger partial charge in [-0.1, -0.05) is 23.9 Å². The number of benzene rings is 1. The molecule has 2 heterocycles. The van der Waals surface area contributed by atoms with E-state index in [0.29, 0.717) is 22.6 Å². The molecule has 3 rings (SSSR count). The number of thioether (sulfide) groups is 1. The lowest BCUT2D eigenvalue weighted by atomic mass is 10.2. The van der Waals surface area contributed by atoms with Crippen LogP contribution in [-0.4, -0.2) is 73.1 Å². The lowest BCUT2D eigenvalue weighted by Gasteiger charge is -2.24. The molecule has 0 radical (unpaired) electrons. The Bertz CT molecular complexity index is 846. The highest BCUT2D eigenvalue weighted by molar-refractivity contribution is 7.99. The van der Waals surface area contributed by atoms with E-state index in [9.17, 15) is 9.59 Å². The molecule has 7 nitrogen and oxygen atoms in total. The number of amides is 1. The average molecular weight is 392 g/mol. The van der Waals surface area contributed by atoms with E-state index in [0.717, 1.165) is 39.3 Å². The molecule has 1 fully saturated rings. The Morgan fingerprint density at radius 3 is 2.78 bits per heavy atom. The predicted octanol–water partition coefficient (Wildman–Crippen LogP) is -0.118. The molecular formula is C19H27N4O3S+. The van der Waals surface area contributed by atoms with E-state index in [1.165, 1.54) is 16.7 Å². The van der Waals surface area contributed by atoms with Crippen LogP contribution in [0.25, 0.3) is 10.9 Å². The summed E-state index contributed by atoms with van der Waals surface area (Å²) in [5.74, 6) is 0.277. The van der Waals surface area contributed by atoms with Crippen LogP contribution in [0.2, 0.25) is 0 Å². The van der Waals surface area contributed by atoms with Crippen LogP contribution in [0.15, 0.2) is 34.2 Å². The number of quaternary nitrogens is 1. The van der Waals surface area contributed by atoms with Gasteiger partial charge in [-0.3, -0.25) is 14.2 Å². The standard InChI is InChI=1S/C19H26N4O3S/c1-21(2)17(24)14-27-19-20-16-7-4-3-6-15(16)18(25)23(19)9-5-8-22-10-12-26-13-11-22/h3-4,6-7H,5,8-14H2,1-2H3/p+1. The first kappa shape index (κ1) is 19.9. The fourth-order valence-electron chi connectivity index (χ4n) is 3.11. The van der Waals surface area contributed by atoms with Gasteiger partial charge in [-0.25, -0.2) is 4.98 Å². The number of fused-ring (bicyclic) bond motifs is 1. The molecule has 2 aromatic rings. The summed E-state index contributed by atoms with van der Waals surface area (Å²) in [6, 6.07) is 7.39. The van der Waals surface area contributed by atoms with Gasteiger partial charge in [-0.2, -0.15) is 0 Å². The zero-order valence-electron chi connectivity index (χ0n) is 15.9. The lowest BCUT2D eigenvalue weighted by Crippen LogP contribution is -3.14. The van der Waals surface area contributed by atoms with Crippen LogP contribution in [0.1, 0.15) is 6.42 Å². The fourth-order valence-corrected chi connectivity index (χ4v) is 4.11. The number of hydrogen-bond donors (Lipinski definition) is 1. The number of nitrogens with zero attached hydrogens (tertiary/aromatic N) is 3. The van der Waals surface area contributed by atoms with E-state index in [1.54, 1.807) is 23.6 Å². The Kier molecular flexibility index (Phi) is 6.87. The Balaban J connectivity index is 1.79. The topological polar surface area (TPSA) is 68.9 Å². The highest BCUT2D eigenvalue weighted by atomic mass is 32.2. The van der Waals surface area contributed by atoms with Crippen LogP contribution in [0.5, 0.6) is 0 Å². The second-order valence-electron chi connectivity index (χ2n) is 6.91. The number of para-hydroxylation sites is 1. The second kappa shape index (κ2) is 9.34. The first-order chi connectivity index (χ1) is 13.1. The van der Waals surface area contributed by atoms with E-state index in [1.807, 2.05) is 24.3 Å². The van der Waals surface area contributed by atoms with Crippen molar-refractivity contribution in [3.63, 3.8) is 0 Å². The largest absolute Gasteiger partial charge is 0.370 e. The van der Waals surface area contributed by atoms with Crippen molar-refractivity contribution in [1.29, 1.82) is 0 Å². The number of rotatable bonds is 7. The van der Waals surface area contributed by atoms with Crippen LogP contribution in [-0.2, 0) is 16.1 Å². The molecule has 8 heteroatoms. The van der Waals surface area contributed by atoms with Gasteiger partial charge in [0.05, 0.1) is 36.4 Å². The summed E-state index contributed by atoms with van der Waals surface area (Å²) in [5, 5.41) is 1.24. The molecule has 0 unspecified atom stereocenters. The predicted molar refractivity (Wildman–Crippen MR) is 106 cm³/mol. The van der Waals surface area contributed by atoms with Crippen molar-refractivity contribution in [2.45, 2.75) is 18.1 Å². The second-order valence-corrected chi connectivity index (χ2v) is 7.85. The Hall–Kier alpha value is -1.90. The number of morpholine rings is 1. The average Bonchev–Trinajstić information content (AvgIpc) is 2.68.